The van der Waals surface area contributed by atoms with Crippen LogP contribution in [0.1, 0.15) is 43.4 Å². The predicted molar refractivity (Wildman–Crippen MR) is 149 cm³/mol. The van der Waals surface area contributed by atoms with Gasteiger partial charge >= 0.3 is 5.97 Å². The quantitative estimate of drug-likeness (QED) is 0.277. The van der Waals surface area contributed by atoms with E-state index in [2.05, 4.69) is 63.2 Å². The van der Waals surface area contributed by atoms with Crippen molar-refractivity contribution in [2.75, 3.05) is 31.0 Å². The lowest BCUT2D eigenvalue weighted by Gasteiger charge is -2.29. The molecule has 4 rings (SSSR count). The fraction of sp³-hybridized carbons (Fsp3) is 0.323. The van der Waals surface area contributed by atoms with Gasteiger partial charge in [-0.05, 0) is 59.9 Å². The third-order valence-corrected chi connectivity index (χ3v) is 6.86. The van der Waals surface area contributed by atoms with Crippen LogP contribution < -0.4 is 9.80 Å². The number of nitrogens with zero attached hydrogens (tertiary/aromatic N) is 3. The second-order valence-electron chi connectivity index (χ2n) is 9.67. The minimum atomic E-state index is -0.446. The molecular weight excluding hydrogens is 462 g/mol. The summed E-state index contributed by atoms with van der Waals surface area (Å²) >= 11 is 0. The maximum Gasteiger partial charge on any atom is 0.330 e. The van der Waals surface area contributed by atoms with Gasteiger partial charge in [-0.2, -0.15) is 0 Å². The second kappa shape index (κ2) is 12.3. The monoisotopic (exact) mass is 497 g/mol. The molecule has 0 bridgehead atoms. The molecule has 6 heteroatoms. The van der Waals surface area contributed by atoms with Crippen molar-refractivity contribution in [3.63, 3.8) is 0 Å². The molecule has 37 heavy (non-hydrogen) atoms. The number of aromatic nitrogens is 1. The van der Waals surface area contributed by atoms with Crippen LogP contribution >= 0.6 is 0 Å². The van der Waals surface area contributed by atoms with Crippen LogP contribution in [-0.2, 0) is 20.9 Å². The molecule has 1 heterocycles. The van der Waals surface area contributed by atoms with Gasteiger partial charge < -0.3 is 9.64 Å². The average Bonchev–Trinajstić information content (AvgIpc) is 2.95. The van der Waals surface area contributed by atoms with Gasteiger partial charge in [0.25, 0.3) is 0 Å². The Hall–Kier alpha value is -3.93. The van der Waals surface area contributed by atoms with Gasteiger partial charge in [-0.25, -0.2) is 9.78 Å². The fourth-order valence-electron chi connectivity index (χ4n) is 4.68. The minimum Gasteiger partial charge on any atom is -0.466 e. The number of ether oxygens (including phenoxy) is 1. The smallest absolute Gasteiger partial charge is 0.330 e. The highest BCUT2D eigenvalue weighted by molar-refractivity contribution is 5.94. The van der Waals surface area contributed by atoms with E-state index >= 15 is 0 Å². The van der Waals surface area contributed by atoms with E-state index in [0.717, 1.165) is 48.1 Å². The number of hydrogen-bond donors (Lipinski definition) is 0. The van der Waals surface area contributed by atoms with Gasteiger partial charge in [0.2, 0.25) is 5.91 Å². The van der Waals surface area contributed by atoms with E-state index in [0.29, 0.717) is 18.1 Å². The fourth-order valence-corrected chi connectivity index (χ4v) is 4.68. The Balaban J connectivity index is 1.58. The van der Waals surface area contributed by atoms with Crippen molar-refractivity contribution >= 4 is 29.5 Å². The van der Waals surface area contributed by atoms with Crippen LogP contribution in [0, 0.1) is 5.92 Å². The standard InChI is InChI=1S/C31H35N3O3/c1-33(2)28-19-16-25(17-20-28)24-14-12-23(13-15-24)22-34(31(36)26-8-5-4-6-9-26)29-11-7-10-27(32-29)18-21-30(35)37-3/h7,10-21,26H,4-6,8-9,22H2,1-3H3/b21-18+. The van der Waals surface area contributed by atoms with Crippen LogP contribution in [-0.4, -0.2) is 38.1 Å². The molecule has 3 aromatic rings. The first-order valence-corrected chi connectivity index (χ1v) is 12.9. The number of rotatable bonds is 8. The number of esters is 1. The molecule has 1 saturated carbocycles. The van der Waals surface area contributed by atoms with Crippen molar-refractivity contribution in [2.45, 2.75) is 38.6 Å². The summed E-state index contributed by atoms with van der Waals surface area (Å²) in [6.07, 6.45) is 8.13. The molecule has 0 radical (unpaired) electrons. The molecule has 0 atom stereocenters. The summed E-state index contributed by atoms with van der Waals surface area (Å²) in [5.74, 6) is 0.272. The summed E-state index contributed by atoms with van der Waals surface area (Å²) in [6.45, 7) is 0.437. The number of carbonyl (C=O) groups excluding carboxylic acids is 2. The molecule has 1 aliphatic carbocycles. The normalized spacial score (nSPS) is 13.9. The van der Waals surface area contributed by atoms with Crippen molar-refractivity contribution in [2.24, 2.45) is 5.92 Å². The Bertz CT molecular complexity index is 1230. The van der Waals surface area contributed by atoms with Crippen molar-refractivity contribution in [3.05, 3.63) is 84.1 Å². The van der Waals surface area contributed by atoms with Crippen molar-refractivity contribution in [1.29, 1.82) is 0 Å². The molecule has 0 aliphatic heterocycles. The van der Waals surface area contributed by atoms with Gasteiger partial charge in [-0.3, -0.25) is 9.69 Å². The molecule has 6 nitrogen and oxygen atoms in total. The van der Waals surface area contributed by atoms with E-state index in [9.17, 15) is 9.59 Å². The van der Waals surface area contributed by atoms with Crippen LogP contribution in [0.5, 0.6) is 0 Å². The average molecular weight is 498 g/mol. The number of amides is 1. The Kier molecular flexibility index (Phi) is 8.72. The maximum atomic E-state index is 13.7. The molecule has 1 fully saturated rings. The van der Waals surface area contributed by atoms with Crippen LogP contribution in [0.4, 0.5) is 11.5 Å². The van der Waals surface area contributed by atoms with E-state index in [4.69, 9.17) is 0 Å². The number of methoxy groups -OCH3 is 1. The van der Waals surface area contributed by atoms with Gasteiger partial charge in [0, 0.05) is 31.8 Å². The summed E-state index contributed by atoms with van der Waals surface area (Å²) in [6, 6.07) is 22.4. The van der Waals surface area contributed by atoms with Crippen molar-refractivity contribution in [3.8, 4) is 11.1 Å². The lowest BCUT2D eigenvalue weighted by molar-refractivity contribution is -0.134. The molecule has 2 aromatic carbocycles. The van der Waals surface area contributed by atoms with Gasteiger partial charge in [-0.1, -0.05) is 61.7 Å². The lowest BCUT2D eigenvalue weighted by Crippen LogP contribution is -2.37. The number of pyridine rings is 1. The van der Waals surface area contributed by atoms with Gasteiger partial charge in [0.05, 0.1) is 19.3 Å². The molecule has 0 unspecified atom stereocenters. The van der Waals surface area contributed by atoms with Gasteiger partial charge in [0.1, 0.15) is 5.82 Å². The summed E-state index contributed by atoms with van der Waals surface area (Å²) in [5, 5.41) is 0. The molecule has 0 spiro atoms. The Morgan fingerprint density at radius 3 is 2.19 bits per heavy atom. The Labute approximate surface area is 219 Å². The molecule has 1 aromatic heterocycles. The number of benzene rings is 2. The van der Waals surface area contributed by atoms with Crippen molar-refractivity contribution in [1.82, 2.24) is 4.98 Å². The van der Waals surface area contributed by atoms with Crippen LogP contribution in [0.2, 0.25) is 0 Å². The minimum absolute atomic E-state index is 0.0132. The third-order valence-electron chi connectivity index (χ3n) is 6.86. The number of anilines is 2. The molecule has 0 N–H and O–H groups in total. The Morgan fingerprint density at radius 1 is 0.919 bits per heavy atom. The molecule has 0 saturated heterocycles. The summed E-state index contributed by atoms with van der Waals surface area (Å²) < 4.78 is 4.68. The maximum absolute atomic E-state index is 13.7. The zero-order valence-corrected chi connectivity index (χ0v) is 21.9. The molecule has 1 aliphatic rings. The SMILES string of the molecule is COC(=O)/C=C/c1cccc(N(Cc2ccc(-c3ccc(N(C)C)cc3)cc2)C(=O)C2CCCCC2)n1. The van der Waals surface area contributed by atoms with E-state index < -0.39 is 5.97 Å². The lowest BCUT2D eigenvalue weighted by atomic mass is 9.88. The van der Waals surface area contributed by atoms with Gasteiger partial charge in [-0.15, -0.1) is 0 Å². The topological polar surface area (TPSA) is 62.7 Å². The van der Waals surface area contributed by atoms with Crippen LogP contribution in [0.3, 0.4) is 0 Å². The van der Waals surface area contributed by atoms with E-state index in [1.165, 1.54) is 19.6 Å². The van der Waals surface area contributed by atoms with Gasteiger partial charge in [0.15, 0.2) is 0 Å². The first-order chi connectivity index (χ1) is 17.9. The third kappa shape index (κ3) is 6.85. The summed E-state index contributed by atoms with van der Waals surface area (Å²) in [5.41, 5.74) is 5.08. The zero-order chi connectivity index (χ0) is 26.2. The van der Waals surface area contributed by atoms with E-state index in [1.807, 2.05) is 32.3 Å². The van der Waals surface area contributed by atoms with Crippen LogP contribution in [0.15, 0.2) is 72.8 Å². The highest BCUT2D eigenvalue weighted by atomic mass is 16.5. The number of hydrogen-bond acceptors (Lipinski definition) is 5. The van der Waals surface area contributed by atoms with Crippen molar-refractivity contribution < 1.29 is 14.3 Å². The summed E-state index contributed by atoms with van der Waals surface area (Å²) in [7, 11) is 5.40. The molecule has 192 valence electrons. The highest BCUT2D eigenvalue weighted by Gasteiger charge is 2.28. The van der Waals surface area contributed by atoms with Crippen LogP contribution in [0.25, 0.3) is 17.2 Å². The summed E-state index contributed by atoms with van der Waals surface area (Å²) in [4.78, 5) is 33.8. The molecule has 1 amide bonds. The highest BCUT2D eigenvalue weighted by Crippen LogP contribution is 2.29. The zero-order valence-electron chi connectivity index (χ0n) is 21.9. The first kappa shape index (κ1) is 26.1. The number of carbonyl (C=O) groups is 2. The molecular formula is C31H35N3O3. The largest absolute Gasteiger partial charge is 0.466 e. The van der Waals surface area contributed by atoms with E-state index in [-0.39, 0.29) is 11.8 Å². The van der Waals surface area contributed by atoms with E-state index in [1.54, 1.807) is 11.0 Å². The predicted octanol–water partition coefficient (Wildman–Crippen LogP) is 6.11. The Morgan fingerprint density at radius 2 is 1.57 bits per heavy atom. The second-order valence-corrected chi connectivity index (χ2v) is 9.67. The first-order valence-electron chi connectivity index (χ1n) is 12.9.